The second-order valence-electron chi connectivity index (χ2n) is 4.40. The summed E-state index contributed by atoms with van der Waals surface area (Å²) in [6.45, 7) is 3.33. The van der Waals surface area contributed by atoms with Crippen LogP contribution in [-0.2, 0) is 11.2 Å². The predicted octanol–water partition coefficient (Wildman–Crippen LogP) is 1.75. The quantitative estimate of drug-likeness (QED) is 0.847. The van der Waals surface area contributed by atoms with Crippen LogP contribution in [-0.4, -0.2) is 30.3 Å². The zero-order valence-electron chi connectivity index (χ0n) is 10.5. The summed E-state index contributed by atoms with van der Waals surface area (Å²) < 4.78 is 10.2. The summed E-state index contributed by atoms with van der Waals surface area (Å²) >= 11 is 0. The molecule has 0 fully saturated rings. The van der Waals surface area contributed by atoms with E-state index >= 15 is 0 Å². The van der Waals surface area contributed by atoms with E-state index in [0.717, 1.165) is 5.56 Å². The predicted molar refractivity (Wildman–Crippen MR) is 62.5 cm³/mol. The topological polar surface area (TPSA) is 68.7 Å². The molecule has 0 amide bonds. The van der Waals surface area contributed by atoms with Crippen molar-refractivity contribution >= 4 is 5.97 Å². The molecule has 0 unspecified atom stereocenters. The number of hydrogen-bond acceptors (Lipinski definition) is 4. The second-order valence-corrected chi connectivity index (χ2v) is 4.40. The van der Waals surface area contributed by atoms with Crippen LogP contribution < -0.4 is 9.47 Å². The smallest absolute Gasteiger partial charge is 0.309 e. The van der Waals surface area contributed by atoms with Crippen LogP contribution in [0.5, 0.6) is 11.6 Å². The van der Waals surface area contributed by atoms with Gasteiger partial charge in [0, 0.05) is 17.8 Å². The molecule has 0 radical (unpaired) electrons. The summed E-state index contributed by atoms with van der Waals surface area (Å²) in [5.74, 6) is 0.181. The minimum absolute atomic E-state index is 0.350. The molecule has 0 aliphatic carbocycles. The lowest BCUT2D eigenvalue weighted by molar-refractivity contribution is -0.146. The Hall–Kier alpha value is -1.78. The van der Waals surface area contributed by atoms with Crippen LogP contribution in [0.4, 0.5) is 0 Å². The number of carbonyl (C=O) groups is 1. The summed E-state index contributed by atoms with van der Waals surface area (Å²) in [6, 6.07) is 1.65. The zero-order chi connectivity index (χ0) is 13.1. The van der Waals surface area contributed by atoms with E-state index in [4.69, 9.17) is 14.6 Å². The van der Waals surface area contributed by atoms with E-state index in [1.807, 2.05) is 0 Å². The third-order valence-electron chi connectivity index (χ3n) is 2.56. The number of carboxylic acids is 1. The Balaban J connectivity index is 3.02. The fourth-order valence-corrected chi connectivity index (χ4v) is 1.43. The Bertz CT molecular complexity index is 415. The van der Waals surface area contributed by atoms with Crippen LogP contribution in [0.3, 0.4) is 0 Å². The lowest BCUT2D eigenvalue weighted by Gasteiger charge is -2.20. The van der Waals surface area contributed by atoms with Gasteiger partial charge in [0.25, 0.3) is 0 Å². The van der Waals surface area contributed by atoms with Crippen LogP contribution in [0, 0.1) is 5.41 Å². The van der Waals surface area contributed by atoms with Crippen LogP contribution in [0.1, 0.15) is 19.4 Å². The van der Waals surface area contributed by atoms with E-state index in [2.05, 4.69) is 4.98 Å². The van der Waals surface area contributed by atoms with E-state index in [9.17, 15) is 4.79 Å². The maximum atomic E-state index is 11.1. The molecule has 0 saturated heterocycles. The molecule has 1 rings (SSSR count). The Morgan fingerprint density at radius 3 is 2.53 bits per heavy atom. The average molecular weight is 239 g/mol. The van der Waals surface area contributed by atoms with E-state index in [1.165, 1.54) is 14.2 Å². The number of nitrogens with zero attached hydrogens (tertiary/aromatic N) is 1. The lowest BCUT2D eigenvalue weighted by atomic mass is 9.86. The molecule has 94 valence electrons. The van der Waals surface area contributed by atoms with Gasteiger partial charge in [-0.2, -0.15) is 0 Å². The molecule has 0 aliphatic heterocycles. The van der Waals surface area contributed by atoms with Gasteiger partial charge in [-0.15, -0.1) is 0 Å². The molecule has 1 aromatic rings. The monoisotopic (exact) mass is 239 g/mol. The Morgan fingerprint density at radius 2 is 2.06 bits per heavy atom. The number of pyridine rings is 1. The number of methoxy groups -OCH3 is 2. The van der Waals surface area contributed by atoms with E-state index in [0.29, 0.717) is 18.1 Å². The molecule has 17 heavy (non-hydrogen) atoms. The van der Waals surface area contributed by atoms with Crippen molar-refractivity contribution in [3.63, 3.8) is 0 Å². The normalized spacial score (nSPS) is 11.1. The molecule has 0 aromatic carbocycles. The van der Waals surface area contributed by atoms with Gasteiger partial charge in [0.1, 0.15) is 5.75 Å². The standard InChI is InChI=1S/C12H17NO4/c1-12(2,11(14)15)6-8-7-13-10(17-4)5-9(8)16-3/h5,7H,6H2,1-4H3,(H,14,15). The first-order valence-corrected chi connectivity index (χ1v) is 5.21. The van der Waals surface area contributed by atoms with Crippen LogP contribution in [0.15, 0.2) is 12.3 Å². The third-order valence-corrected chi connectivity index (χ3v) is 2.56. The highest BCUT2D eigenvalue weighted by atomic mass is 16.5. The molecule has 1 heterocycles. The molecule has 0 spiro atoms. The van der Waals surface area contributed by atoms with E-state index in [-0.39, 0.29) is 0 Å². The van der Waals surface area contributed by atoms with Gasteiger partial charge in [0.15, 0.2) is 0 Å². The van der Waals surface area contributed by atoms with Gasteiger partial charge >= 0.3 is 5.97 Å². The summed E-state index contributed by atoms with van der Waals surface area (Å²) in [6.07, 6.45) is 1.94. The first-order valence-electron chi connectivity index (χ1n) is 5.21. The van der Waals surface area contributed by atoms with Crippen molar-refractivity contribution in [2.45, 2.75) is 20.3 Å². The fourth-order valence-electron chi connectivity index (χ4n) is 1.43. The number of aliphatic carboxylic acids is 1. The van der Waals surface area contributed by atoms with Crippen molar-refractivity contribution in [3.05, 3.63) is 17.8 Å². The van der Waals surface area contributed by atoms with Gasteiger partial charge in [-0.25, -0.2) is 4.98 Å². The van der Waals surface area contributed by atoms with Crippen molar-refractivity contribution in [1.29, 1.82) is 0 Å². The molecule has 1 aromatic heterocycles. The number of ether oxygens (including phenoxy) is 2. The van der Waals surface area contributed by atoms with Gasteiger partial charge in [0.05, 0.1) is 19.6 Å². The Labute approximate surface area is 100 Å². The molecule has 1 N–H and O–H groups in total. The van der Waals surface area contributed by atoms with Crippen LogP contribution >= 0.6 is 0 Å². The van der Waals surface area contributed by atoms with Crippen molar-refractivity contribution < 1.29 is 19.4 Å². The summed E-state index contributed by atoms with van der Waals surface area (Å²) in [7, 11) is 3.05. The van der Waals surface area contributed by atoms with Crippen molar-refractivity contribution in [1.82, 2.24) is 4.98 Å². The highest BCUT2D eigenvalue weighted by molar-refractivity contribution is 5.74. The van der Waals surface area contributed by atoms with E-state index in [1.54, 1.807) is 26.1 Å². The number of rotatable bonds is 5. The molecule has 5 nitrogen and oxygen atoms in total. The van der Waals surface area contributed by atoms with Crippen LogP contribution in [0.2, 0.25) is 0 Å². The largest absolute Gasteiger partial charge is 0.496 e. The molecule has 0 atom stereocenters. The lowest BCUT2D eigenvalue weighted by Crippen LogP contribution is -2.26. The number of aromatic nitrogens is 1. The maximum Gasteiger partial charge on any atom is 0.309 e. The minimum Gasteiger partial charge on any atom is -0.496 e. The summed E-state index contributed by atoms with van der Waals surface area (Å²) in [5, 5.41) is 9.08. The SMILES string of the molecule is COc1cc(OC)c(CC(C)(C)C(=O)O)cn1. The van der Waals surface area contributed by atoms with Crippen molar-refractivity contribution in [2.75, 3.05) is 14.2 Å². The molecule has 0 bridgehead atoms. The minimum atomic E-state index is -0.858. The summed E-state index contributed by atoms with van der Waals surface area (Å²) in [5.41, 5.74) is -0.107. The van der Waals surface area contributed by atoms with Gasteiger partial charge in [0.2, 0.25) is 5.88 Å². The highest BCUT2D eigenvalue weighted by Crippen LogP contribution is 2.29. The van der Waals surface area contributed by atoms with Gasteiger partial charge in [-0.1, -0.05) is 0 Å². The van der Waals surface area contributed by atoms with Crippen LogP contribution in [0.25, 0.3) is 0 Å². The first-order chi connectivity index (χ1) is 7.90. The van der Waals surface area contributed by atoms with Gasteiger partial charge in [-0.05, 0) is 20.3 Å². The van der Waals surface area contributed by atoms with Gasteiger partial charge in [-0.3, -0.25) is 4.79 Å². The molecular weight excluding hydrogens is 222 g/mol. The average Bonchev–Trinajstić information content (AvgIpc) is 2.29. The highest BCUT2D eigenvalue weighted by Gasteiger charge is 2.28. The third kappa shape index (κ3) is 3.09. The fraction of sp³-hybridized carbons (Fsp3) is 0.500. The molecule has 5 heteroatoms. The Kier molecular flexibility index (Phi) is 3.93. The Morgan fingerprint density at radius 1 is 1.41 bits per heavy atom. The molecule has 0 aliphatic rings. The first kappa shape index (κ1) is 13.3. The number of hydrogen-bond donors (Lipinski definition) is 1. The van der Waals surface area contributed by atoms with Gasteiger partial charge < -0.3 is 14.6 Å². The molecule has 0 saturated carbocycles. The molecular formula is C12H17NO4. The zero-order valence-corrected chi connectivity index (χ0v) is 10.5. The number of carboxylic acid groups (broad SMARTS) is 1. The second kappa shape index (κ2) is 5.03. The maximum absolute atomic E-state index is 11.1. The summed E-state index contributed by atoms with van der Waals surface area (Å²) in [4.78, 5) is 15.1. The van der Waals surface area contributed by atoms with E-state index < -0.39 is 11.4 Å². The van der Waals surface area contributed by atoms with Crippen molar-refractivity contribution in [3.8, 4) is 11.6 Å². The van der Waals surface area contributed by atoms with Crippen molar-refractivity contribution in [2.24, 2.45) is 5.41 Å².